The Morgan fingerprint density at radius 1 is 1.06 bits per heavy atom. The first-order chi connectivity index (χ1) is 7.72. The van der Waals surface area contributed by atoms with Crippen LogP contribution >= 0.6 is 11.6 Å². The summed E-state index contributed by atoms with van der Waals surface area (Å²) in [6.45, 7) is 5.41. The number of aromatic nitrogens is 1. The number of hydrogen-bond acceptors (Lipinski definition) is 0. The topological polar surface area (TPSA) is 4.93 Å². The van der Waals surface area contributed by atoms with Gasteiger partial charge in [0.15, 0.2) is 0 Å². The molecule has 0 spiro atoms. The van der Waals surface area contributed by atoms with Crippen molar-refractivity contribution in [2.24, 2.45) is 0 Å². The van der Waals surface area contributed by atoms with Crippen molar-refractivity contribution in [1.29, 1.82) is 0 Å². The van der Waals surface area contributed by atoms with Crippen molar-refractivity contribution < 1.29 is 0 Å². The van der Waals surface area contributed by atoms with Crippen LogP contribution in [0.5, 0.6) is 0 Å². The zero-order valence-corrected chi connectivity index (χ0v) is 10.5. The summed E-state index contributed by atoms with van der Waals surface area (Å²) in [5, 5.41) is 0.786. The minimum atomic E-state index is 0.786. The van der Waals surface area contributed by atoms with Gasteiger partial charge in [-0.1, -0.05) is 30.7 Å². The Morgan fingerprint density at radius 2 is 1.75 bits per heavy atom. The van der Waals surface area contributed by atoms with Gasteiger partial charge in [-0.3, -0.25) is 0 Å². The molecule has 0 atom stereocenters. The summed E-state index contributed by atoms with van der Waals surface area (Å²) in [7, 11) is 0. The summed E-state index contributed by atoms with van der Waals surface area (Å²) in [4.78, 5) is 0. The molecule has 0 bridgehead atoms. The molecule has 0 aliphatic rings. The lowest BCUT2D eigenvalue weighted by Gasteiger charge is -2.10. The quantitative estimate of drug-likeness (QED) is 0.734. The fourth-order valence-electron chi connectivity index (χ4n) is 1.96. The molecule has 1 aromatic carbocycles. The Kier molecular flexibility index (Phi) is 3.35. The zero-order chi connectivity index (χ0) is 11.5. The van der Waals surface area contributed by atoms with E-state index < -0.39 is 0 Å². The van der Waals surface area contributed by atoms with Gasteiger partial charge in [-0.05, 0) is 43.2 Å². The van der Waals surface area contributed by atoms with Crippen LogP contribution in [0.1, 0.15) is 19.0 Å². The molecule has 0 radical (unpaired) electrons. The number of aryl methyl sites for hydroxylation is 1. The molecule has 16 heavy (non-hydrogen) atoms. The second-order valence-corrected chi connectivity index (χ2v) is 4.45. The molecular formula is C14H16ClN. The molecule has 0 aliphatic heterocycles. The van der Waals surface area contributed by atoms with E-state index >= 15 is 0 Å². The first-order valence-electron chi connectivity index (χ1n) is 5.64. The molecule has 0 saturated heterocycles. The third-order valence-electron chi connectivity index (χ3n) is 2.79. The van der Waals surface area contributed by atoms with Crippen molar-refractivity contribution in [1.82, 2.24) is 4.57 Å². The van der Waals surface area contributed by atoms with Crippen molar-refractivity contribution in [2.75, 3.05) is 0 Å². The van der Waals surface area contributed by atoms with Crippen LogP contribution in [0.15, 0.2) is 36.4 Å². The minimum absolute atomic E-state index is 0.786. The van der Waals surface area contributed by atoms with Gasteiger partial charge in [0.05, 0.1) is 0 Å². The van der Waals surface area contributed by atoms with Gasteiger partial charge < -0.3 is 4.57 Å². The Labute approximate surface area is 102 Å². The lowest BCUT2D eigenvalue weighted by Crippen LogP contribution is -2.00. The second kappa shape index (κ2) is 4.75. The molecule has 84 valence electrons. The van der Waals surface area contributed by atoms with Gasteiger partial charge in [-0.2, -0.15) is 0 Å². The molecule has 1 nitrogen and oxygen atoms in total. The lowest BCUT2D eigenvalue weighted by atomic mass is 10.1. The molecule has 1 aromatic heterocycles. The molecule has 0 unspecified atom stereocenters. The predicted octanol–water partition coefficient (Wildman–Crippen LogP) is 4.53. The van der Waals surface area contributed by atoms with E-state index in [4.69, 9.17) is 11.6 Å². The lowest BCUT2D eigenvalue weighted by molar-refractivity contribution is 0.672. The molecule has 0 amide bonds. The van der Waals surface area contributed by atoms with Gasteiger partial charge in [-0.15, -0.1) is 0 Å². The second-order valence-electron chi connectivity index (χ2n) is 4.02. The molecule has 0 N–H and O–H groups in total. The smallest absolute Gasteiger partial charge is 0.0482 e. The van der Waals surface area contributed by atoms with Crippen LogP contribution in [-0.2, 0) is 6.54 Å². The molecule has 0 aliphatic carbocycles. The Balaban J connectivity index is 2.43. The standard InChI is InChI=1S/C14H16ClN/c1-3-10-16-11(2)4-9-14(16)12-5-7-13(15)8-6-12/h4-9H,3,10H2,1-2H3. The van der Waals surface area contributed by atoms with Gasteiger partial charge in [0.2, 0.25) is 0 Å². The van der Waals surface area contributed by atoms with Crippen LogP contribution in [0.25, 0.3) is 11.3 Å². The molecular weight excluding hydrogens is 218 g/mol. The molecule has 1 heterocycles. The summed E-state index contributed by atoms with van der Waals surface area (Å²) in [5.41, 5.74) is 3.81. The van der Waals surface area contributed by atoms with Gasteiger partial charge in [0, 0.05) is 23.0 Å². The highest BCUT2D eigenvalue weighted by Crippen LogP contribution is 2.24. The van der Waals surface area contributed by atoms with Crippen molar-refractivity contribution in [3.8, 4) is 11.3 Å². The SMILES string of the molecule is CCCn1c(C)ccc1-c1ccc(Cl)cc1. The summed E-state index contributed by atoms with van der Waals surface area (Å²) < 4.78 is 2.35. The third kappa shape index (κ3) is 2.14. The van der Waals surface area contributed by atoms with Crippen LogP contribution in [-0.4, -0.2) is 4.57 Å². The van der Waals surface area contributed by atoms with Crippen molar-refractivity contribution in [3.63, 3.8) is 0 Å². The highest BCUT2D eigenvalue weighted by Gasteiger charge is 2.06. The maximum absolute atomic E-state index is 5.90. The van der Waals surface area contributed by atoms with Gasteiger partial charge in [0.25, 0.3) is 0 Å². The molecule has 2 rings (SSSR count). The van der Waals surface area contributed by atoms with Crippen molar-refractivity contribution >= 4 is 11.6 Å². The average molecular weight is 234 g/mol. The summed E-state index contributed by atoms with van der Waals surface area (Å²) in [6, 6.07) is 12.4. The van der Waals surface area contributed by atoms with E-state index in [1.54, 1.807) is 0 Å². The largest absolute Gasteiger partial charge is 0.345 e. The fraction of sp³-hybridized carbons (Fsp3) is 0.286. The van der Waals surface area contributed by atoms with Crippen LogP contribution in [0.2, 0.25) is 5.02 Å². The van der Waals surface area contributed by atoms with E-state index in [0.29, 0.717) is 0 Å². The Bertz CT molecular complexity index is 468. The summed E-state index contributed by atoms with van der Waals surface area (Å²) >= 11 is 5.90. The number of hydrogen-bond donors (Lipinski definition) is 0. The Hall–Kier alpha value is -1.21. The number of nitrogens with zero attached hydrogens (tertiary/aromatic N) is 1. The first-order valence-corrected chi connectivity index (χ1v) is 6.02. The predicted molar refractivity (Wildman–Crippen MR) is 69.9 cm³/mol. The molecule has 0 saturated carbocycles. The van der Waals surface area contributed by atoms with E-state index in [0.717, 1.165) is 18.0 Å². The van der Waals surface area contributed by atoms with Crippen molar-refractivity contribution in [2.45, 2.75) is 26.8 Å². The average Bonchev–Trinajstić information content (AvgIpc) is 2.63. The van der Waals surface area contributed by atoms with Gasteiger partial charge in [-0.25, -0.2) is 0 Å². The maximum atomic E-state index is 5.90. The van der Waals surface area contributed by atoms with E-state index in [1.165, 1.54) is 17.0 Å². The third-order valence-corrected chi connectivity index (χ3v) is 3.04. The van der Waals surface area contributed by atoms with Crippen LogP contribution in [0, 0.1) is 6.92 Å². The van der Waals surface area contributed by atoms with Gasteiger partial charge in [0.1, 0.15) is 0 Å². The normalized spacial score (nSPS) is 10.7. The fourth-order valence-corrected chi connectivity index (χ4v) is 2.09. The van der Waals surface area contributed by atoms with Crippen LogP contribution < -0.4 is 0 Å². The first kappa shape index (κ1) is 11.3. The van der Waals surface area contributed by atoms with Crippen LogP contribution in [0.4, 0.5) is 0 Å². The monoisotopic (exact) mass is 233 g/mol. The van der Waals surface area contributed by atoms with E-state index in [-0.39, 0.29) is 0 Å². The molecule has 0 fully saturated rings. The molecule has 2 heteroatoms. The summed E-state index contributed by atoms with van der Waals surface area (Å²) in [5.74, 6) is 0. The highest BCUT2D eigenvalue weighted by molar-refractivity contribution is 6.30. The number of benzene rings is 1. The highest BCUT2D eigenvalue weighted by atomic mass is 35.5. The van der Waals surface area contributed by atoms with E-state index in [1.807, 2.05) is 12.1 Å². The summed E-state index contributed by atoms with van der Waals surface area (Å²) in [6.07, 6.45) is 1.15. The number of rotatable bonds is 3. The van der Waals surface area contributed by atoms with Gasteiger partial charge >= 0.3 is 0 Å². The maximum Gasteiger partial charge on any atom is 0.0482 e. The van der Waals surface area contributed by atoms with Crippen LogP contribution in [0.3, 0.4) is 0 Å². The Morgan fingerprint density at radius 3 is 2.38 bits per heavy atom. The van der Waals surface area contributed by atoms with E-state index in [9.17, 15) is 0 Å². The van der Waals surface area contributed by atoms with Crippen molar-refractivity contribution in [3.05, 3.63) is 47.1 Å². The van der Waals surface area contributed by atoms with E-state index in [2.05, 4.69) is 42.7 Å². The zero-order valence-electron chi connectivity index (χ0n) is 9.70. The minimum Gasteiger partial charge on any atom is -0.345 e. The number of halogens is 1. The molecule has 2 aromatic rings.